The predicted molar refractivity (Wildman–Crippen MR) is 114 cm³/mol. The zero-order chi connectivity index (χ0) is 20.1. The second-order valence-corrected chi connectivity index (χ2v) is 7.85. The number of amidine groups is 1. The number of aryl methyl sites for hydroxylation is 1. The number of hydrogen-bond donors (Lipinski definition) is 3. The topological polar surface area (TPSA) is 123 Å². The van der Waals surface area contributed by atoms with Crippen LogP contribution in [0.1, 0.15) is 11.1 Å². The molecular weight excluding hydrogens is 414 g/mol. The van der Waals surface area contributed by atoms with E-state index in [1.165, 1.54) is 12.5 Å². The molecule has 0 bridgehead atoms. The number of sulfonamides is 1. The van der Waals surface area contributed by atoms with Gasteiger partial charge in [-0.05, 0) is 17.7 Å². The molecule has 0 unspecified atom stereocenters. The first-order valence-corrected chi connectivity index (χ1v) is 9.99. The third-order valence-corrected chi connectivity index (χ3v) is 5.23. The Morgan fingerprint density at radius 2 is 1.97 bits per heavy atom. The van der Waals surface area contributed by atoms with Crippen LogP contribution < -0.4 is 15.2 Å². The normalized spacial score (nSPS) is 10.8. The van der Waals surface area contributed by atoms with Crippen molar-refractivity contribution in [3.63, 3.8) is 0 Å². The zero-order valence-corrected chi connectivity index (χ0v) is 17.3. The maximum atomic E-state index is 12.3. The van der Waals surface area contributed by atoms with Crippen LogP contribution in [0.4, 0.5) is 5.69 Å². The number of benzene rings is 2. The highest BCUT2D eigenvalue weighted by atomic mass is 35.5. The summed E-state index contributed by atoms with van der Waals surface area (Å²) in [6.45, 7) is 0.426. The molecular formula is C19H22ClN5O3S. The number of rotatable bonds is 8. The third-order valence-electron chi connectivity index (χ3n) is 3.97. The van der Waals surface area contributed by atoms with Gasteiger partial charge in [0.25, 0.3) is 10.0 Å². The van der Waals surface area contributed by atoms with Gasteiger partial charge in [0.1, 0.15) is 11.6 Å². The smallest absolute Gasteiger partial charge is 0.280 e. The predicted octanol–water partition coefficient (Wildman–Crippen LogP) is 2.55. The molecule has 0 aliphatic carbocycles. The van der Waals surface area contributed by atoms with E-state index < -0.39 is 10.0 Å². The summed E-state index contributed by atoms with van der Waals surface area (Å²) in [4.78, 5) is 3.87. The molecule has 0 amide bonds. The molecule has 1 aromatic heterocycles. The van der Waals surface area contributed by atoms with Gasteiger partial charge in [0, 0.05) is 31.3 Å². The number of nitrogens with two attached hydrogens (primary N) is 1. The molecule has 0 spiro atoms. The van der Waals surface area contributed by atoms with Gasteiger partial charge in [-0.2, -0.15) is 8.42 Å². The Balaban J connectivity index is 0.00000300. The molecule has 3 aromatic rings. The van der Waals surface area contributed by atoms with Crippen LogP contribution in [0.2, 0.25) is 0 Å². The summed E-state index contributed by atoms with van der Waals surface area (Å²) in [5.74, 6) is 0.592. The fraction of sp³-hybridized carbons (Fsp3) is 0.158. The number of nitrogens with one attached hydrogen (secondary N) is 2. The molecule has 4 N–H and O–H groups in total. The van der Waals surface area contributed by atoms with Crippen LogP contribution in [0, 0.1) is 5.41 Å². The number of ether oxygens (including phenoxy) is 1. The van der Waals surface area contributed by atoms with Gasteiger partial charge in [-0.25, -0.2) is 4.98 Å². The molecule has 8 nitrogen and oxygen atoms in total. The highest BCUT2D eigenvalue weighted by Crippen LogP contribution is 2.20. The van der Waals surface area contributed by atoms with Crippen LogP contribution >= 0.6 is 12.4 Å². The van der Waals surface area contributed by atoms with E-state index in [2.05, 4.69) is 9.71 Å². The number of nitrogen functional groups attached to an aromatic ring is 1. The van der Waals surface area contributed by atoms with Gasteiger partial charge in [0.05, 0.1) is 18.6 Å². The zero-order valence-electron chi connectivity index (χ0n) is 15.7. The Bertz CT molecular complexity index is 1080. The number of aromatic nitrogens is 2. The van der Waals surface area contributed by atoms with Crippen LogP contribution in [0.3, 0.4) is 0 Å². The van der Waals surface area contributed by atoms with Gasteiger partial charge in [0.15, 0.2) is 5.03 Å². The molecule has 10 heteroatoms. The van der Waals surface area contributed by atoms with Crippen LogP contribution in [0.25, 0.3) is 0 Å². The first kappa shape index (κ1) is 22.3. The van der Waals surface area contributed by atoms with Crippen molar-refractivity contribution in [2.24, 2.45) is 12.8 Å². The van der Waals surface area contributed by atoms with Crippen molar-refractivity contribution < 1.29 is 13.2 Å². The first-order valence-electron chi connectivity index (χ1n) is 8.50. The van der Waals surface area contributed by atoms with E-state index in [-0.39, 0.29) is 23.3 Å². The molecule has 0 aliphatic heterocycles. The highest BCUT2D eigenvalue weighted by molar-refractivity contribution is 7.92. The highest BCUT2D eigenvalue weighted by Gasteiger charge is 2.17. The Morgan fingerprint density at radius 3 is 2.59 bits per heavy atom. The van der Waals surface area contributed by atoms with Crippen molar-refractivity contribution in [2.45, 2.75) is 11.4 Å². The van der Waals surface area contributed by atoms with Crippen molar-refractivity contribution in [2.75, 3.05) is 11.3 Å². The van der Waals surface area contributed by atoms with Crippen molar-refractivity contribution in [3.05, 3.63) is 72.2 Å². The second-order valence-electron chi connectivity index (χ2n) is 6.22. The van der Waals surface area contributed by atoms with Crippen LogP contribution in [0.15, 0.2) is 66.1 Å². The first-order chi connectivity index (χ1) is 13.3. The SMILES string of the molecule is Cl.Cn1cnc(S(=O)(=O)Nc2cccc(OCCc3ccc(C(=N)N)cc3)c2)c1. The Hall–Kier alpha value is -3.04. The lowest BCUT2D eigenvalue weighted by Crippen LogP contribution is -2.13. The molecule has 0 aliphatic rings. The molecule has 0 fully saturated rings. The number of nitrogens with zero attached hydrogens (tertiary/aromatic N) is 2. The maximum Gasteiger partial charge on any atom is 0.280 e. The van der Waals surface area contributed by atoms with E-state index in [1.807, 2.05) is 12.1 Å². The molecule has 0 radical (unpaired) electrons. The summed E-state index contributed by atoms with van der Waals surface area (Å²) in [5.41, 5.74) is 7.57. The van der Waals surface area contributed by atoms with E-state index in [0.717, 1.165) is 5.56 Å². The van der Waals surface area contributed by atoms with E-state index in [0.29, 0.717) is 30.0 Å². The molecule has 2 aromatic carbocycles. The van der Waals surface area contributed by atoms with Gasteiger partial charge >= 0.3 is 0 Å². The van der Waals surface area contributed by atoms with E-state index >= 15 is 0 Å². The summed E-state index contributed by atoms with van der Waals surface area (Å²) >= 11 is 0. The standard InChI is InChI=1S/C19H21N5O3S.ClH/c1-24-12-18(22-13-24)28(25,26)23-16-3-2-4-17(11-16)27-10-9-14-5-7-15(8-6-14)19(20)21;/h2-8,11-13,23H,9-10H2,1H3,(H3,20,21);1H. The fourth-order valence-corrected chi connectivity index (χ4v) is 3.55. The van der Waals surface area contributed by atoms with Gasteiger partial charge < -0.3 is 15.0 Å². The van der Waals surface area contributed by atoms with Crippen LogP contribution in [0.5, 0.6) is 5.75 Å². The lowest BCUT2D eigenvalue weighted by Gasteiger charge is -2.10. The minimum atomic E-state index is -3.75. The summed E-state index contributed by atoms with van der Waals surface area (Å²) < 4.78 is 34.5. The average molecular weight is 436 g/mol. The number of anilines is 1. The van der Waals surface area contributed by atoms with Gasteiger partial charge in [-0.3, -0.25) is 10.1 Å². The maximum absolute atomic E-state index is 12.3. The molecule has 0 saturated heterocycles. The lowest BCUT2D eigenvalue weighted by atomic mass is 10.1. The third kappa shape index (κ3) is 5.97. The van der Waals surface area contributed by atoms with E-state index in [1.54, 1.807) is 48.0 Å². The summed E-state index contributed by atoms with van der Waals surface area (Å²) in [6.07, 6.45) is 3.53. The molecule has 1 heterocycles. The molecule has 29 heavy (non-hydrogen) atoms. The van der Waals surface area contributed by atoms with Gasteiger partial charge in [0.2, 0.25) is 0 Å². The van der Waals surface area contributed by atoms with Crippen LogP contribution in [-0.2, 0) is 23.5 Å². The molecule has 0 saturated carbocycles. The van der Waals surface area contributed by atoms with Gasteiger partial charge in [-0.1, -0.05) is 30.3 Å². The number of hydrogen-bond acceptors (Lipinski definition) is 5. The number of halogens is 1. The Kier molecular flexibility index (Phi) is 7.24. The molecule has 3 rings (SSSR count). The monoisotopic (exact) mass is 435 g/mol. The Labute approximate surface area is 175 Å². The van der Waals surface area contributed by atoms with Crippen molar-refractivity contribution in [1.82, 2.24) is 9.55 Å². The lowest BCUT2D eigenvalue weighted by molar-refractivity contribution is 0.322. The fourth-order valence-electron chi connectivity index (χ4n) is 2.52. The number of imidazole rings is 1. The largest absolute Gasteiger partial charge is 0.493 e. The molecule has 0 atom stereocenters. The van der Waals surface area contributed by atoms with E-state index in [4.69, 9.17) is 15.9 Å². The summed E-state index contributed by atoms with van der Waals surface area (Å²) in [5, 5.41) is 7.35. The minimum absolute atomic E-state index is 0. The van der Waals surface area contributed by atoms with Crippen molar-refractivity contribution in [1.29, 1.82) is 5.41 Å². The van der Waals surface area contributed by atoms with Crippen molar-refractivity contribution >= 4 is 34.0 Å². The van der Waals surface area contributed by atoms with Crippen molar-refractivity contribution in [3.8, 4) is 5.75 Å². The second kappa shape index (κ2) is 9.44. The van der Waals surface area contributed by atoms with Crippen LogP contribution in [-0.4, -0.2) is 30.4 Å². The van der Waals surface area contributed by atoms with E-state index in [9.17, 15) is 8.42 Å². The average Bonchev–Trinajstić information content (AvgIpc) is 3.10. The van der Waals surface area contributed by atoms with Gasteiger partial charge in [-0.15, -0.1) is 12.4 Å². The summed E-state index contributed by atoms with van der Waals surface area (Å²) in [6, 6.07) is 14.1. The quantitative estimate of drug-likeness (QED) is 0.370. The molecule has 154 valence electrons. The Morgan fingerprint density at radius 1 is 1.24 bits per heavy atom. The summed E-state index contributed by atoms with van der Waals surface area (Å²) in [7, 11) is -2.05. The minimum Gasteiger partial charge on any atom is -0.493 e.